The summed E-state index contributed by atoms with van der Waals surface area (Å²) in [5.74, 6) is 0.882. The Morgan fingerprint density at radius 1 is 1.18 bits per heavy atom. The lowest BCUT2D eigenvalue weighted by Gasteiger charge is -2.37. The van der Waals surface area contributed by atoms with Gasteiger partial charge in [-0.3, -0.25) is 4.79 Å². The van der Waals surface area contributed by atoms with Gasteiger partial charge in [0, 0.05) is 30.4 Å². The van der Waals surface area contributed by atoms with Gasteiger partial charge in [-0.1, -0.05) is 11.8 Å². The maximum atomic E-state index is 13.3. The number of nitrogens with zero attached hydrogens (tertiary/aromatic N) is 3. The zero-order chi connectivity index (χ0) is 24.4. The highest BCUT2D eigenvalue weighted by molar-refractivity contribution is 8.16. The molecule has 8 nitrogen and oxygen atoms in total. The molecule has 0 aromatic heterocycles. The van der Waals surface area contributed by atoms with Crippen LogP contribution >= 0.6 is 11.8 Å². The van der Waals surface area contributed by atoms with Gasteiger partial charge >= 0.3 is 5.97 Å². The maximum Gasteiger partial charge on any atom is 0.338 e. The van der Waals surface area contributed by atoms with Crippen molar-refractivity contribution in [3.05, 3.63) is 46.1 Å². The van der Waals surface area contributed by atoms with Gasteiger partial charge in [0.15, 0.2) is 5.17 Å². The van der Waals surface area contributed by atoms with Gasteiger partial charge in [-0.25, -0.2) is 9.79 Å². The summed E-state index contributed by atoms with van der Waals surface area (Å²) in [4.78, 5) is 34.9. The van der Waals surface area contributed by atoms with Crippen LogP contribution in [0.3, 0.4) is 0 Å². The second kappa shape index (κ2) is 10.1. The van der Waals surface area contributed by atoms with E-state index in [1.807, 2.05) is 48.1 Å². The number of allylic oxidation sites excluding steroid dienone is 1. The van der Waals surface area contributed by atoms with Gasteiger partial charge < -0.3 is 24.0 Å². The van der Waals surface area contributed by atoms with Gasteiger partial charge in [0.2, 0.25) is 5.91 Å². The zero-order valence-electron chi connectivity index (χ0n) is 20.3. The fourth-order valence-corrected chi connectivity index (χ4v) is 5.44. The van der Waals surface area contributed by atoms with E-state index in [0.717, 1.165) is 42.4 Å². The Hall–Kier alpha value is -2.94. The zero-order valence-corrected chi connectivity index (χ0v) is 21.1. The number of esters is 1. The molecule has 9 heteroatoms. The summed E-state index contributed by atoms with van der Waals surface area (Å²) in [6.07, 6.45) is 2.03. The first-order chi connectivity index (χ1) is 16.3. The van der Waals surface area contributed by atoms with Gasteiger partial charge in [-0.15, -0.1) is 0 Å². The Kier molecular flexibility index (Phi) is 7.21. The van der Waals surface area contributed by atoms with E-state index in [0.29, 0.717) is 22.8 Å². The molecule has 1 atom stereocenters. The van der Waals surface area contributed by atoms with E-state index >= 15 is 0 Å². The van der Waals surface area contributed by atoms with Crippen molar-refractivity contribution in [3.63, 3.8) is 0 Å². The number of carbonyl (C=O) groups excluding carboxylic acids is 2. The largest absolute Gasteiger partial charge is 0.497 e. The molecule has 34 heavy (non-hydrogen) atoms. The number of amides is 1. The number of methoxy groups -OCH3 is 2. The Morgan fingerprint density at radius 3 is 2.56 bits per heavy atom. The molecule has 1 amide bonds. The topological polar surface area (TPSA) is 80.7 Å². The summed E-state index contributed by atoms with van der Waals surface area (Å²) in [7, 11) is 3.18. The minimum absolute atomic E-state index is 0.0867. The summed E-state index contributed by atoms with van der Waals surface area (Å²) in [6, 6.07) is 4.98. The second-order valence-electron chi connectivity index (χ2n) is 8.72. The number of rotatable bonds is 7. The predicted octanol–water partition coefficient (Wildman–Crippen LogP) is 4.24. The molecule has 1 fully saturated rings. The number of amidine groups is 1. The van der Waals surface area contributed by atoms with Crippen molar-refractivity contribution in [1.82, 2.24) is 9.80 Å². The third kappa shape index (κ3) is 4.66. The summed E-state index contributed by atoms with van der Waals surface area (Å²) < 4.78 is 16.7. The number of aliphatic imine (C=N–C) groups is 1. The van der Waals surface area contributed by atoms with Crippen molar-refractivity contribution >= 4 is 28.8 Å². The first-order valence-electron chi connectivity index (χ1n) is 11.5. The monoisotopic (exact) mass is 485 g/mol. The van der Waals surface area contributed by atoms with E-state index in [1.165, 1.54) is 11.8 Å². The predicted molar refractivity (Wildman–Crippen MR) is 132 cm³/mol. The summed E-state index contributed by atoms with van der Waals surface area (Å²) in [5, 5.41) is 2.69. The normalized spacial score (nSPS) is 19.8. The van der Waals surface area contributed by atoms with Gasteiger partial charge in [-0.05, 0) is 51.2 Å². The van der Waals surface area contributed by atoms with E-state index in [4.69, 9.17) is 19.2 Å². The van der Waals surface area contributed by atoms with Crippen LogP contribution in [0.25, 0.3) is 0 Å². The molecule has 0 aliphatic carbocycles. The van der Waals surface area contributed by atoms with Crippen molar-refractivity contribution in [1.29, 1.82) is 0 Å². The quantitative estimate of drug-likeness (QED) is 0.534. The molecule has 0 N–H and O–H groups in total. The van der Waals surface area contributed by atoms with Crippen molar-refractivity contribution in [2.24, 2.45) is 4.99 Å². The third-order valence-corrected chi connectivity index (χ3v) is 6.98. The van der Waals surface area contributed by atoms with E-state index in [-0.39, 0.29) is 18.4 Å². The summed E-state index contributed by atoms with van der Waals surface area (Å²) in [5.41, 5.74) is 2.61. The van der Waals surface area contributed by atoms with Crippen molar-refractivity contribution in [2.45, 2.75) is 52.2 Å². The number of hydrogen-bond donors (Lipinski definition) is 0. The second-order valence-corrected chi connectivity index (χ2v) is 9.56. The first kappa shape index (κ1) is 24.2. The minimum Gasteiger partial charge on any atom is -0.497 e. The van der Waals surface area contributed by atoms with E-state index in [9.17, 15) is 9.59 Å². The Balaban J connectivity index is 1.78. The Morgan fingerprint density at radius 2 is 1.91 bits per heavy atom. The van der Waals surface area contributed by atoms with Crippen molar-refractivity contribution in [2.75, 3.05) is 27.3 Å². The van der Waals surface area contributed by atoms with E-state index in [1.54, 1.807) is 20.3 Å². The van der Waals surface area contributed by atoms with Crippen LogP contribution in [0.1, 0.15) is 51.6 Å². The highest BCUT2D eigenvalue weighted by atomic mass is 32.2. The smallest absolute Gasteiger partial charge is 0.338 e. The van der Waals surface area contributed by atoms with E-state index in [2.05, 4.69) is 0 Å². The van der Waals surface area contributed by atoms with Crippen LogP contribution in [0.5, 0.6) is 11.5 Å². The van der Waals surface area contributed by atoms with Crippen LogP contribution in [0, 0.1) is 0 Å². The number of ether oxygens (including phenoxy) is 3. The number of fused-ring (bicyclic) bond motifs is 1. The molecule has 0 saturated carbocycles. The highest BCUT2D eigenvalue weighted by Crippen LogP contribution is 2.47. The van der Waals surface area contributed by atoms with Gasteiger partial charge in [0.05, 0.1) is 44.1 Å². The molecule has 3 heterocycles. The summed E-state index contributed by atoms with van der Waals surface area (Å²) in [6.45, 7) is 7.04. The molecule has 0 bridgehead atoms. The lowest BCUT2D eigenvalue weighted by Crippen LogP contribution is -2.38. The first-order valence-corrected chi connectivity index (χ1v) is 12.4. The number of carbonyl (C=O) groups is 2. The van der Waals surface area contributed by atoms with Crippen molar-refractivity contribution < 1.29 is 23.8 Å². The number of likely N-dealkylation sites (tertiary alicyclic amines) is 1. The molecule has 1 saturated heterocycles. The highest BCUT2D eigenvalue weighted by Gasteiger charge is 2.43. The van der Waals surface area contributed by atoms with Crippen LogP contribution in [0.4, 0.5) is 0 Å². The fraction of sp³-hybridized carbons (Fsp3) is 0.480. The molecule has 3 aliphatic heterocycles. The molecule has 1 aromatic carbocycles. The Bertz CT molecular complexity index is 1070. The molecule has 0 unspecified atom stereocenters. The van der Waals surface area contributed by atoms with Gasteiger partial charge in [0.1, 0.15) is 11.5 Å². The third-order valence-electron chi connectivity index (χ3n) is 6.09. The average molecular weight is 486 g/mol. The number of benzene rings is 1. The Labute approximate surface area is 204 Å². The van der Waals surface area contributed by atoms with Crippen LogP contribution in [0.2, 0.25) is 0 Å². The lowest BCUT2D eigenvalue weighted by atomic mass is 9.93. The molecule has 3 aliphatic rings. The van der Waals surface area contributed by atoms with E-state index < -0.39 is 12.0 Å². The molecular formula is C25H31N3O5S. The van der Waals surface area contributed by atoms with Crippen LogP contribution in [0.15, 0.2) is 45.6 Å². The molecular weight excluding hydrogens is 454 g/mol. The number of hydrogen-bond acceptors (Lipinski definition) is 8. The SMILES string of the molecule is COc1ccc([C@@H]2C(C(=O)OC(C)C)=C(C)N=C3SC=C(CC(=O)N4CCCC4)N32)c(OC)c1. The van der Waals surface area contributed by atoms with Gasteiger partial charge in [-0.2, -0.15) is 0 Å². The average Bonchev–Trinajstić information content (AvgIpc) is 3.48. The van der Waals surface area contributed by atoms with Crippen LogP contribution in [-0.2, 0) is 14.3 Å². The number of thioether (sulfide) groups is 1. The van der Waals surface area contributed by atoms with Crippen LogP contribution < -0.4 is 9.47 Å². The fourth-order valence-electron chi connectivity index (χ4n) is 4.48. The summed E-state index contributed by atoms with van der Waals surface area (Å²) >= 11 is 1.46. The molecule has 1 aromatic rings. The standard InChI is InChI=1S/C25H31N3O5S/c1-15(2)33-24(30)22-16(3)26-25-28(17(14-34-25)12-21(29)27-10-6-7-11-27)23(22)19-9-8-18(31-4)13-20(19)32-5/h8-9,13-15,23H,6-7,10-12H2,1-5H3/t23-/m1/s1. The maximum absolute atomic E-state index is 13.3. The van der Waals surface area contributed by atoms with Crippen LogP contribution in [-0.4, -0.2) is 60.3 Å². The lowest BCUT2D eigenvalue weighted by molar-refractivity contribution is -0.143. The minimum atomic E-state index is -0.549. The van der Waals surface area contributed by atoms with Crippen molar-refractivity contribution in [3.8, 4) is 11.5 Å². The molecule has 182 valence electrons. The van der Waals surface area contributed by atoms with Gasteiger partial charge in [0.25, 0.3) is 0 Å². The molecule has 4 rings (SSSR count). The molecule has 0 radical (unpaired) electrons. The molecule has 0 spiro atoms.